The molecule has 1 aliphatic carbocycles. The van der Waals surface area contributed by atoms with Crippen molar-refractivity contribution < 1.29 is 19.1 Å². The fraction of sp³-hybridized carbons (Fsp3) is 0.316. The summed E-state index contributed by atoms with van der Waals surface area (Å²) in [5.74, 6) is -0.231. The van der Waals surface area contributed by atoms with E-state index in [1.54, 1.807) is 34.5 Å². The molecular formula is C38H38N4O4S. The monoisotopic (exact) mass is 646 g/mol. The highest BCUT2D eigenvalue weighted by Crippen LogP contribution is 2.53. The molecular weight excluding hydrogens is 609 g/mol. The summed E-state index contributed by atoms with van der Waals surface area (Å²) in [4.78, 5) is 46.5. The van der Waals surface area contributed by atoms with E-state index >= 15 is 0 Å². The molecule has 4 aromatic rings. The Morgan fingerprint density at radius 1 is 1.04 bits per heavy atom. The number of para-hydroxylation sites is 1. The Kier molecular flexibility index (Phi) is 8.51. The van der Waals surface area contributed by atoms with Crippen LogP contribution in [-0.2, 0) is 11.2 Å². The molecule has 0 radical (unpaired) electrons. The average molecular weight is 647 g/mol. The van der Waals surface area contributed by atoms with Gasteiger partial charge in [0.1, 0.15) is 0 Å². The number of ether oxygens (including phenoxy) is 1. The Labute approximate surface area is 278 Å². The molecule has 3 amide bonds. The smallest absolute Gasteiger partial charge is 0.258 e. The van der Waals surface area contributed by atoms with Crippen LogP contribution in [-0.4, -0.2) is 42.5 Å². The molecule has 4 heterocycles. The Bertz CT molecular complexity index is 1860. The zero-order chi connectivity index (χ0) is 32.5. The number of hydrogen-bond acceptors (Lipinski definition) is 6. The summed E-state index contributed by atoms with van der Waals surface area (Å²) in [5.41, 5.74) is 12.7. The fourth-order valence-electron chi connectivity index (χ4n) is 7.31. The van der Waals surface area contributed by atoms with Gasteiger partial charge in [-0.2, -0.15) is 0 Å². The van der Waals surface area contributed by atoms with E-state index < -0.39 is 5.91 Å². The molecule has 2 aliphatic heterocycles. The van der Waals surface area contributed by atoms with Gasteiger partial charge in [-0.3, -0.25) is 19.4 Å². The average Bonchev–Trinajstić information content (AvgIpc) is 3.48. The minimum absolute atomic E-state index is 0.123. The van der Waals surface area contributed by atoms with Crippen molar-refractivity contribution in [3.8, 4) is 0 Å². The number of aromatic nitrogens is 1. The lowest BCUT2D eigenvalue weighted by atomic mass is 9.57. The molecule has 1 saturated carbocycles. The van der Waals surface area contributed by atoms with Crippen LogP contribution in [0.2, 0.25) is 0 Å². The predicted octanol–water partition coefficient (Wildman–Crippen LogP) is 7.14. The Hall–Kier alpha value is -4.60. The van der Waals surface area contributed by atoms with E-state index in [0.29, 0.717) is 46.7 Å². The van der Waals surface area contributed by atoms with Crippen LogP contribution >= 0.6 is 11.3 Å². The van der Waals surface area contributed by atoms with Gasteiger partial charge in [0.15, 0.2) is 0 Å². The summed E-state index contributed by atoms with van der Waals surface area (Å²) in [6, 6.07) is 18.6. The Balaban J connectivity index is 1.03. The molecule has 7 rings (SSSR count). The molecule has 47 heavy (non-hydrogen) atoms. The maximum absolute atomic E-state index is 13.9. The number of pyridine rings is 1. The zero-order valence-electron chi connectivity index (χ0n) is 26.5. The van der Waals surface area contributed by atoms with Crippen molar-refractivity contribution in [1.29, 1.82) is 0 Å². The van der Waals surface area contributed by atoms with Crippen LogP contribution in [0.25, 0.3) is 11.6 Å². The number of rotatable bonds is 7. The standard InChI is InChI=1S/C38H38N4O4S/c1-24-16-31(32(40-22-24)17-25-20-38(21-25)11-14-46-15-12-38)36(44)41-30-8-6-26(7-9-30)37(45)42-13-10-28(18-27-4-2-3-5-33(27)42)34-19-29(23-47-34)35(39)43/h2-9,16,18-19,22-23,25H,10-15,17,20-21H2,1H3,(H2,39,43)(H,41,44). The molecule has 3 N–H and O–H groups in total. The number of nitrogens with two attached hydrogens (primary N) is 1. The van der Waals surface area contributed by atoms with Crippen molar-refractivity contribution in [2.45, 2.75) is 45.4 Å². The molecule has 1 spiro atoms. The lowest BCUT2D eigenvalue weighted by Gasteiger charge is -2.50. The minimum atomic E-state index is -0.452. The largest absolute Gasteiger partial charge is 0.381 e. The van der Waals surface area contributed by atoms with Crippen molar-refractivity contribution in [2.75, 3.05) is 30.0 Å². The number of fused-ring (bicyclic) bond motifs is 1. The minimum Gasteiger partial charge on any atom is -0.381 e. The van der Waals surface area contributed by atoms with Gasteiger partial charge in [0.05, 0.1) is 22.5 Å². The molecule has 0 atom stereocenters. The van der Waals surface area contributed by atoms with Crippen LogP contribution < -0.4 is 16.0 Å². The molecule has 3 aliphatic rings. The maximum Gasteiger partial charge on any atom is 0.258 e. The van der Waals surface area contributed by atoms with E-state index in [0.717, 1.165) is 65.4 Å². The first-order valence-corrected chi connectivity index (χ1v) is 17.1. The number of primary amides is 1. The quantitative estimate of drug-likeness (QED) is 0.222. The van der Waals surface area contributed by atoms with Crippen LogP contribution in [0.15, 0.2) is 72.2 Å². The van der Waals surface area contributed by atoms with E-state index in [1.165, 1.54) is 24.2 Å². The van der Waals surface area contributed by atoms with E-state index in [4.69, 9.17) is 10.5 Å². The highest BCUT2D eigenvalue weighted by atomic mass is 32.1. The number of thiophene rings is 1. The topological polar surface area (TPSA) is 115 Å². The number of hydrogen-bond donors (Lipinski definition) is 2. The van der Waals surface area contributed by atoms with Crippen LogP contribution in [0, 0.1) is 18.3 Å². The number of amides is 3. The molecule has 8 nitrogen and oxygen atoms in total. The Morgan fingerprint density at radius 3 is 2.55 bits per heavy atom. The van der Waals surface area contributed by atoms with Crippen molar-refractivity contribution in [3.05, 3.63) is 111 Å². The summed E-state index contributed by atoms with van der Waals surface area (Å²) >= 11 is 1.48. The van der Waals surface area contributed by atoms with E-state index in [9.17, 15) is 14.4 Å². The Morgan fingerprint density at radius 2 is 1.81 bits per heavy atom. The summed E-state index contributed by atoms with van der Waals surface area (Å²) in [6.07, 6.45) is 9.95. The van der Waals surface area contributed by atoms with E-state index in [1.807, 2.05) is 49.5 Å². The molecule has 2 aromatic heterocycles. The van der Waals surface area contributed by atoms with Gasteiger partial charge in [-0.1, -0.05) is 18.2 Å². The second-order valence-corrected chi connectivity index (χ2v) is 14.0. The zero-order valence-corrected chi connectivity index (χ0v) is 27.3. The van der Waals surface area contributed by atoms with Crippen LogP contribution in [0.1, 0.15) is 84.9 Å². The van der Waals surface area contributed by atoms with Gasteiger partial charge >= 0.3 is 0 Å². The highest BCUT2D eigenvalue weighted by molar-refractivity contribution is 7.11. The third-order valence-corrected chi connectivity index (χ3v) is 10.8. The molecule has 2 aromatic carbocycles. The molecule has 1 saturated heterocycles. The molecule has 240 valence electrons. The number of nitrogens with zero attached hydrogens (tertiary/aromatic N) is 2. The lowest BCUT2D eigenvalue weighted by Crippen LogP contribution is -2.42. The molecule has 2 fully saturated rings. The maximum atomic E-state index is 13.9. The van der Waals surface area contributed by atoms with Crippen molar-refractivity contribution >= 4 is 52.1 Å². The summed E-state index contributed by atoms with van der Waals surface area (Å²) in [7, 11) is 0. The van der Waals surface area contributed by atoms with Crippen LogP contribution in [0.3, 0.4) is 0 Å². The van der Waals surface area contributed by atoms with Crippen molar-refractivity contribution in [1.82, 2.24) is 4.98 Å². The highest BCUT2D eigenvalue weighted by Gasteiger charge is 2.45. The second-order valence-electron chi connectivity index (χ2n) is 13.1. The third-order valence-electron chi connectivity index (χ3n) is 9.83. The number of aryl methyl sites for hydroxylation is 1. The van der Waals surface area contributed by atoms with Gasteiger partial charge < -0.3 is 20.7 Å². The van der Waals surface area contributed by atoms with Crippen LogP contribution in [0.4, 0.5) is 11.4 Å². The normalized spacial score (nSPS) is 17.3. The predicted molar refractivity (Wildman–Crippen MR) is 186 cm³/mol. The lowest BCUT2D eigenvalue weighted by molar-refractivity contribution is -0.0587. The molecule has 9 heteroatoms. The molecule has 0 bridgehead atoms. The van der Waals surface area contributed by atoms with E-state index in [2.05, 4.69) is 16.4 Å². The number of benzene rings is 2. The van der Waals surface area contributed by atoms with Gasteiger partial charge in [0.25, 0.3) is 11.8 Å². The van der Waals surface area contributed by atoms with E-state index in [-0.39, 0.29) is 11.8 Å². The first-order valence-electron chi connectivity index (χ1n) is 16.2. The summed E-state index contributed by atoms with van der Waals surface area (Å²) in [5, 5.41) is 4.81. The first-order chi connectivity index (χ1) is 22.8. The number of anilines is 2. The van der Waals surface area contributed by atoms with Crippen LogP contribution in [0.5, 0.6) is 0 Å². The second kappa shape index (κ2) is 12.9. The van der Waals surface area contributed by atoms with Gasteiger partial charge in [0, 0.05) is 47.5 Å². The number of carbonyl (C=O) groups excluding carboxylic acids is 3. The SMILES string of the molecule is Cc1cnc(CC2CC3(CCOCC3)C2)c(C(=O)Nc2ccc(C(=O)N3CCC(c4cc(C(N)=O)cs4)=Cc4ccccc43)cc2)c1. The van der Waals surface area contributed by atoms with Crippen molar-refractivity contribution in [2.24, 2.45) is 17.1 Å². The molecule has 0 unspecified atom stereocenters. The number of carbonyl (C=O) groups is 3. The third kappa shape index (κ3) is 6.50. The summed E-state index contributed by atoms with van der Waals surface area (Å²) < 4.78 is 5.57. The summed E-state index contributed by atoms with van der Waals surface area (Å²) in [6.45, 7) is 4.13. The van der Waals surface area contributed by atoms with Crippen molar-refractivity contribution in [3.63, 3.8) is 0 Å². The van der Waals surface area contributed by atoms with Gasteiger partial charge in [-0.15, -0.1) is 11.3 Å². The van der Waals surface area contributed by atoms with Gasteiger partial charge in [-0.05, 0) is 122 Å². The fourth-order valence-corrected chi connectivity index (χ4v) is 8.26. The van der Waals surface area contributed by atoms with Gasteiger partial charge in [0.2, 0.25) is 5.91 Å². The van der Waals surface area contributed by atoms with Gasteiger partial charge in [-0.25, -0.2) is 0 Å². The first kappa shape index (κ1) is 31.0. The number of nitrogens with one attached hydrogen (secondary N) is 1.